The Balaban J connectivity index is 2.46. The first-order valence-electron chi connectivity index (χ1n) is 6.24. The molecular formula is C13H22N2O2. The maximum Gasteiger partial charge on any atom is 0.249 e. The van der Waals surface area contributed by atoms with Crippen molar-refractivity contribution in [2.45, 2.75) is 33.1 Å². The molecule has 0 radical (unpaired) electrons. The highest BCUT2D eigenvalue weighted by atomic mass is 16.2. The molecule has 96 valence electrons. The third-order valence-electron chi connectivity index (χ3n) is 3.08. The molecule has 1 rings (SSSR count). The van der Waals surface area contributed by atoms with Gasteiger partial charge in [-0.05, 0) is 32.5 Å². The molecule has 1 aromatic rings. The van der Waals surface area contributed by atoms with Crippen LogP contribution in [0.1, 0.15) is 38.7 Å². The van der Waals surface area contributed by atoms with Gasteiger partial charge < -0.3 is 10.2 Å². The van der Waals surface area contributed by atoms with Crippen molar-refractivity contribution >= 4 is 5.69 Å². The third-order valence-corrected chi connectivity index (χ3v) is 3.08. The number of hydrogen-bond acceptors (Lipinski definition) is 4. The first kappa shape index (κ1) is 13.9. The van der Waals surface area contributed by atoms with Gasteiger partial charge in [-0.2, -0.15) is 0 Å². The van der Waals surface area contributed by atoms with Crippen molar-refractivity contribution in [3.8, 4) is 0 Å². The van der Waals surface area contributed by atoms with Gasteiger partial charge in [0.1, 0.15) is 0 Å². The van der Waals surface area contributed by atoms with Crippen molar-refractivity contribution in [3.63, 3.8) is 0 Å². The maximum atomic E-state index is 11.4. The van der Waals surface area contributed by atoms with Crippen LogP contribution >= 0.6 is 0 Å². The Kier molecular flexibility index (Phi) is 4.87. The quantitative estimate of drug-likeness (QED) is 0.572. The molecule has 0 aromatic heterocycles. The first-order chi connectivity index (χ1) is 7.99. The van der Waals surface area contributed by atoms with Crippen molar-refractivity contribution in [3.05, 3.63) is 26.0 Å². The van der Waals surface area contributed by atoms with E-state index in [4.69, 9.17) is 0 Å². The van der Waals surface area contributed by atoms with E-state index in [9.17, 15) is 9.59 Å². The molecule has 0 bridgehead atoms. The molecule has 0 aliphatic carbocycles. The molecule has 0 unspecified atom stereocenters. The Morgan fingerprint density at radius 3 is 2.41 bits per heavy atom. The molecular weight excluding hydrogens is 216 g/mol. The average molecular weight is 238 g/mol. The number of nitrogens with zero attached hydrogens (tertiary/aromatic N) is 1. The van der Waals surface area contributed by atoms with Gasteiger partial charge in [-0.3, -0.25) is 9.59 Å². The Morgan fingerprint density at radius 1 is 1.24 bits per heavy atom. The maximum absolute atomic E-state index is 11.4. The molecule has 0 saturated heterocycles. The van der Waals surface area contributed by atoms with Gasteiger partial charge in [0, 0.05) is 12.1 Å². The van der Waals surface area contributed by atoms with E-state index in [1.807, 2.05) is 13.8 Å². The van der Waals surface area contributed by atoms with Crippen molar-refractivity contribution in [2.24, 2.45) is 0 Å². The summed E-state index contributed by atoms with van der Waals surface area (Å²) >= 11 is 0. The molecule has 0 aliphatic heterocycles. The minimum absolute atomic E-state index is 0.126. The lowest BCUT2D eigenvalue weighted by Crippen LogP contribution is -2.39. The molecule has 0 aliphatic rings. The van der Waals surface area contributed by atoms with Crippen LogP contribution < -0.4 is 16.2 Å². The van der Waals surface area contributed by atoms with E-state index in [-0.39, 0.29) is 16.8 Å². The Hall–Kier alpha value is -1.16. The summed E-state index contributed by atoms with van der Waals surface area (Å²) in [5, 5.41) is 3.09. The van der Waals surface area contributed by atoms with Crippen molar-refractivity contribution in [1.29, 1.82) is 0 Å². The van der Waals surface area contributed by atoms with E-state index in [0.717, 1.165) is 26.1 Å². The van der Waals surface area contributed by atoms with Crippen LogP contribution in [0.5, 0.6) is 0 Å². The second-order valence-corrected chi connectivity index (χ2v) is 4.78. The van der Waals surface area contributed by atoms with E-state index in [0.29, 0.717) is 11.3 Å². The number of nitrogens with one attached hydrogen (secondary N) is 1. The first-order valence-corrected chi connectivity index (χ1v) is 6.24. The highest BCUT2D eigenvalue weighted by molar-refractivity contribution is 5.57. The topological polar surface area (TPSA) is 49.4 Å². The highest BCUT2D eigenvalue weighted by Crippen LogP contribution is 2.18. The molecule has 4 nitrogen and oxygen atoms in total. The summed E-state index contributed by atoms with van der Waals surface area (Å²) in [7, 11) is 2.07. The predicted molar refractivity (Wildman–Crippen MR) is 71.7 cm³/mol. The zero-order chi connectivity index (χ0) is 13.0. The van der Waals surface area contributed by atoms with Crippen LogP contribution in [0, 0.1) is 0 Å². The van der Waals surface area contributed by atoms with Gasteiger partial charge in [0.2, 0.25) is 10.9 Å². The van der Waals surface area contributed by atoms with Gasteiger partial charge in [-0.15, -0.1) is 0 Å². The predicted octanol–water partition coefficient (Wildman–Crippen LogP) is 1.16. The lowest BCUT2D eigenvalue weighted by atomic mass is 9.96. The summed E-state index contributed by atoms with van der Waals surface area (Å²) in [6, 6.07) is 0. The number of hydrogen-bond donors (Lipinski definition) is 1. The summed E-state index contributed by atoms with van der Waals surface area (Å²) < 4.78 is 0. The molecule has 0 atom stereocenters. The summed E-state index contributed by atoms with van der Waals surface area (Å²) in [5.74, 6) is 0.126. The molecule has 0 spiro atoms. The lowest BCUT2D eigenvalue weighted by Gasteiger charge is -2.17. The minimum atomic E-state index is -0.349. The second-order valence-electron chi connectivity index (χ2n) is 4.78. The largest absolute Gasteiger partial charge is 0.381 e. The molecule has 0 amide bonds. The van der Waals surface area contributed by atoms with E-state index in [2.05, 4.69) is 24.2 Å². The SMILES string of the molecule is CCN(C)CCCNc1c(C(C)C)c(=O)c1=O. The van der Waals surface area contributed by atoms with Crippen LogP contribution in [-0.4, -0.2) is 31.6 Å². The van der Waals surface area contributed by atoms with Crippen LogP contribution in [0.15, 0.2) is 9.59 Å². The van der Waals surface area contributed by atoms with Gasteiger partial charge in [-0.25, -0.2) is 0 Å². The molecule has 0 fully saturated rings. The Labute approximate surface area is 102 Å². The Bertz CT molecular complexity index is 431. The third kappa shape index (κ3) is 3.16. The summed E-state index contributed by atoms with van der Waals surface area (Å²) in [6.07, 6.45) is 0.973. The average Bonchev–Trinajstić information content (AvgIpc) is 2.30. The summed E-state index contributed by atoms with van der Waals surface area (Å²) in [6.45, 7) is 8.75. The van der Waals surface area contributed by atoms with E-state index >= 15 is 0 Å². The summed E-state index contributed by atoms with van der Waals surface area (Å²) in [5.41, 5.74) is 0.550. The second kappa shape index (κ2) is 5.96. The zero-order valence-electron chi connectivity index (χ0n) is 11.2. The molecule has 1 aromatic carbocycles. The fraction of sp³-hybridized carbons (Fsp3) is 0.692. The fourth-order valence-electron chi connectivity index (χ4n) is 1.86. The van der Waals surface area contributed by atoms with E-state index in [1.54, 1.807) is 0 Å². The van der Waals surface area contributed by atoms with Crippen molar-refractivity contribution < 1.29 is 0 Å². The number of anilines is 1. The van der Waals surface area contributed by atoms with Gasteiger partial charge in [-0.1, -0.05) is 20.8 Å². The van der Waals surface area contributed by atoms with Crippen molar-refractivity contribution in [2.75, 3.05) is 32.0 Å². The van der Waals surface area contributed by atoms with E-state index in [1.165, 1.54) is 0 Å². The van der Waals surface area contributed by atoms with Gasteiger partial charge in [0.15, 0.2) is 0 Å². The standard InChI is InChI=1S/C13H22N2O2/c1-5-15(4)8-6-7-14-11-10(9(2)3)12(16)13(11)17/h9,14H,5-8H2,1-4H3. The van der Waals surface area contributed by atoms with Gasteiger partial charge in [0.25, 0.3) is 0 Å². The lowest BCUT2D eigenvalue weighted by molar-refractivity contribution is 0.351. The molecule has 0 saturated carbocycles. The molecule has 17 heavy (non-hydrogen) atoms. The molecule has 0 heterocycles. The van der Waals surface area contributed by atoms with Crippen molar-refractivity contribution in [1.82, 2.24) is 4.90 Å². The van der Waals surface area contributed by atoms with Crippen LogP contribution in [0.4, 0.5) is 5.69 Å². The molecule has 4 heteroatoms. The van der Waals surface area contributed by atoms with E-state index < -0.39 is 0 Å². The minimum Gasteiger partial charge on any atom is -0.381 e. The Morgan fingerprint density at radius 2 is 1.88 bits per heavy atom. The van der Waals surface area contributed by atoms with Crippen LogP contribution in [0.25, 0.3) is 0 Å². The zero-order valence-corrected chi connectivity index (χ0v) is 11.2. The molecule has 1 N–H and O–H groups in total. The van der Waals surface area contributed by atoms with Crippen LogP contribution in [-0.2, 0) is 0 Å². The van der Waals surface area contributed by atoms with Crippen LogP contribution in [0.2, 0.25) is 0 Å². The smallest absolute Gasteiger partial charge is 0.249 e. The summed E-state index contributed by atoms with van der Waals surface area (Å²) in [4.78, 5) is 24.9. The normalized spacial score (nSPS) is 11.6. The monoisotopic (exact) mass is 238 g/mol. The fourth-order valence-corrected chi connectivity index (χ4v) is 1.86. The highest BCUT2D eigenvalue weighted by Gasteiger charge is 2.22. The number of rotatable bonds is 7. The van der Waals surface area contributed by atoms with Crippen LogP contribution in [0.3, 0.4) is 0 Å². The van der Waals surface area contributed by atoms with Gasteiger partial charge in [0.05, 0.1) is 5.69 Å². The van der Waals surface area contributed by atoms with Gasteiger partial charge >= 0.3 is 0 Å².